The van der Waals surface area contributed by atoms with Gasteiger partial charge in [-0.05, 0) is 35.6 Å². The molecule has 4 rings (SSSR count). The summed E-state index contributed by atoms with van der Waals surface area (Å²) in [5.41, 5.74) is 0.973. The van der Waals surface area contributed by atoms with Crippen molar-refractivity contribution in [3.8, 4) is 0 Å². The number of nitrogens with zero attached hydrogens (tertiary/aromatic N) is 2. The third kappa shape index (κ3) is 4.65. The lowest BCUT2D eigenvalue weighted by Crippen LogP contribution is -2.45. The summed E-state index contributed by atoms with van der Waals surface area (Å²) >= 11 is 8.48. The minimum absolute atomic E-state index is 0.0626. The van der Waals surface area contributed by atoms with Gasteiger partial charge in [0.15, 0.2) is 0 Å². The highest BCUT2D eigenvalue weighted by molar-refractivity contribution is 7.18. The van der Waals surface area contributed by atoms with Crippen LogP contribution in [0.5, 0.6) is 0 Å². The first kappa shape index (κ1) is 20.0. The van der Waals surface area contributed by atoms with Gasteiger partial charge in [0.05, 0.1) is 22.3 Å². The number of carbonyl (C=O) groups excluding carboxylic acids is 3. The van der Waals surface area contributed by atoms with Gasteiger partial charge in [-0.15, -0.1) is 22.7 Å². The zero-order valence-corrected chi connectivity index (χ0v) is 17.7. The van der Waals surface area contributed by atoms with Crippen LogP contribution in [0, 0.1) is 0 Å². The number of hydrogen-bond acceptors (Lipinski definition) is 6. The number of nitrogens with one attached hydrogen (secondary N) is 2. The number of thiophene rings is 2. The van der Waals surface area contributed by atoms with Crippen molar-refractivity contribution in [1.29, 1.82) is 0 Å². The maximum Gasteiger partial charge on any atom is 0.415 e. The number of halogens is 1. The van der Waals surface area contributed by atoms with E-state index >= 15 is 0 Å². The molecule has 29 heavy (non-hydrogen) atoms. The van der Waals surface area contributed by atoms with Crippen LogP contribution in [0.15, 0.2) is 23.6 Å². The van der Waals surface area contributed by atoms with Crippen LogP contribution in [0.2, 0.25) is 4.34 Å². The monoisotopic (exact) mass is 454 g/mol. The Kier molecular flexibility index (Phi) is 5.93. The van der Waals surface area contributed by atoms with Gasteiger partial charge in [-0.1, -0.05) is 11.6 Å². The highest BCUT2D eigenvalue weighted by Gasteiger charge is 2.33. The van der Waals surface area contributed by atoms with Crippen LogP contribution in [-0.2, 0) is 11.3 Å². The number of urea groups is 1. The fourth-order valence-electron chi connectivity index (χ4n) is 3.17. The second kappa shape index (κ2) is 8.60. The fraction of sp³-hybridized carbons (Fsp3) is 0.389. The smallest absolute Gasteiger partial charge is 0.415 e. The van der Waals surface area contributed by atoms with Gasteiger partial charge in [-0.3, -0.25) is 9.69 Å². The molecule has 0 aromatic carbocycles. The van der Waals surface area contributed by atoms with Crippen LogP contribution in [0.3, 0.4) is 0 Å². The Balaban J connectivity index is 1.31. The van der Waals surface area contributed by atoms with Crippen molar-refractivity contribution in [2.75, 3.05) is 31.1 Å². The number of ether oxygens (including phenoxy) is 1. The van der Waals surface area contributed by atoms with Crippen LogP contribution in [-0.4, -0.2) is 55.2 Å². The lowest BCUT2D eigenvalue weighted by molar-refractivity contribution is 0.0920. The maximum atomic E-state index is 12.3. The van der Waals surface area contributed by atoms with Crippen molar-refractivity contribution in [1.82, 2.24) is 15.5 Å². The average Bonchev–Trinajstić information content (AvgIpc) is 3.42. The number of carbonyl (C=O) groups is 3. The lowest BCUT2D eigenvalue weighted by Gasteiger charge is -2.27. The minimum Gasteiger partial charge on any atom is -0.442 e. The van der Waals surface area contributed by atoms with E-state index in [9.17, 15) is 14.4 Å². The molecule has 2 aromatic heterocycles. The van der Waals surface area contributed by atoms with E-state index in [4.69, 9.17) is 16.3 Å². The first-order valence-corrected chi connectivity index (χ1v) is 11.2. The van der Waals surface area contributed by atoms with Gasteiger partial charge in [0.2, 0.25) is 0 Å². The molecule has 0 radical (unpaired) electrons. The molecule has 0 spiro atoms. The summed E-state index contributed by atoms with van der Waals surface area (Å²) < 4.78 is 5.92. The summed E-state index contributed by atoms with van der Waals surface area (Å²) in [5, 5.41) is 8.31. The molecule has 2 aliphatic rings. The van der Waals surface area contributed by atoms with E-state index in [0.717, 1.165) is 23.5 Å². The molecule has 11 heteroatoms. The lowest BCUT2D eigenvalue weighted by atomic mass is 10.2. The third-order valence-electron chi connectivity index (χ3n) is 4.61. The highest BCUT2D eigenvalue weighted by Crippen LogP contribution is 2.30. The molecule has 1 atom stereocenters. The Bertz CT molecular complexity index is 931. The molecule has 0 saturated carbocycles. The van der Waals surface area contributed by atoms with E-state index in [1.165, 1.54) is 22.7 Å². The van der Waals surface area contributed by atoms with Gasteiger partial charge < -0.3 is 20.3 Å². The Morgan fingerprint density at radius 1 is 1.38 bits per heavy atom. The Hall–Kier alpha value is -2.30. The van der Waals surface area contributed by atoms with Crippen LogP contribution < -0.4 is 15.5 Å². The van der Waals surface area contributed by atoms with E-state index in [0.29, 0.717) is 28.8 Å². The fourth-order valence-corrected chi connectivity index (χ4v) is 5.04. The van der Waals surface area contributed by atoms with Gasteiger partial charge in [-0.25, -0.2) is 9.59 Å². The summed E-state index contributed by atoms with van der Waals surface area (Å²) in [4.78, 5) is 40.1. The van der Waals surface area contributed by atoms with Crippen LogP contribution in [0.4, 0.5) is 14.6 Å². The summed E-state index contributed by atoms with van der Waals surface area (Å²) in [6, 6.07) is 5.17. The molecular weight excluding hydrogens is 436 g/mol. The van der Waals surface area contributed by atoms with Crippen molar-refractivity contribution in [3.63, 3.8) is 0 Å². The van der Waals surface area contributed by atoms with E-state index in [1.807, 2.05) is 11.4 Å². The van der Waals surface area contributed by atoms with Gasteiger partial charge >= 0.3 is 12.1 Å². The minimum atomic E-state index is -0.437. The van der Waals surface area contributed by atoms with Crippen LogP contribution >= 0.6 is 34.3 Å². The number of rotatable bonds is 6. The maximum absolute atomic E-state index is 12.3. The Morgan fingerprint density at radius 2 is 2.24 bits per heavy atom. The molecule has 0 unspecified atom stereocenters. The SMILES string of the molecule is O=C(NC[C@H]1CN(c2cc(CN3CCCNC3=O)cs2)C(=O)O1)c1ccc(Cl)s1. The number of cyclic esters (lactones) is 1. The molecule has 4 amide bonds. The van der Waals surface area contributed by atoms with E-state index in [2.05, 4.69) is 10.6 Å². The molecule has 2 fully saturated rings. The number of amides is 4. The third-order valence-corrected chi connectivity index (χ3v) is 6.84. The molecule has 154 valence electrons. The molecular formula is C18H19ClN4O4S2. The number of hydrogen-bond donors (Lipinski definition) is 2. The van der Waals surface area contributed by atoms with Crippen molar-refractivity contribution in [2.45, 2.75) is 19.1 Å². The molecule has 8 nitrogen and oxygen atoms in total. The first-order chi connectivity index (χ1) is 14.0. The van der Waals surface area contributed by atoms with Crippen molar-refractivity contribution in [3.05, 3.63) is 38.4 Å². The Labute approximate surface area is 180 Å². The quantitative estimate of drug-likeness (QED) is 0.701. The number of anilines is 1. The second-order valence-electron chi connectivity index (χ2n) is 6.73. The molecule has 0 bridgehead atoms. The van der Waals surface area contributed by atoms with Gasteiger partial charge in [0, 0.05) is 19.6 Å². The zero-order chi connectivity index (χ0) is 20.4. The predicted octanol–water partition coefficient (Wildman–Crippen LogP) is 3.13. The van der Waals surface area contributed by atoms with Gasteiger partial charge in [0.1, 0.15) is 11.1 Å². The topological polar surface area (TPSA) is 91.0 Å². The summed E-state index contributed by atoms with van der Waals surface area (Å²) in [5.74, 6) is -0.241. The second-order valence-corrected chi connectivity index (χ2v) is 9.34. The molecule has 4 heterocycles. The molecule has 2 aliphatic heterocycles. The summed E-state index contributed by atoms with van der Waals surface area (Å²) in [7, 11) is 0. The van der Waals surface area contributed by atoms with E-state index in [1.54, 1.807) is 21.9 Å². The standard InChI is InChI=1S/C18H19ClN4O4S2/c19-14-3-2-13(29-14)16(24)21-7-12-9-23(18(26)27-12)15-6-11(10-28-15)8-22-5-1-4-20-17(22)25/h2-3,6,10,12H,1,4-5,7-9H2,(H,20,25)(H,21,24)/t12-/m0/s1. The summed E-state index contributed by atoms with van der Waals surface area (Å²) in [6.07, 6.45) is 0.0551. The zero-order valence-electron chi connectivity index (χ0n) is 15.4. The van der Waals surface area contributed by atoms with Crippen LogP contribution in [0.25, 0.3) is 0 Å². The molecule has 0 aliphatic carbocycles. The van der Waals surface area contributed by atoms with E-state index in [-0.39, 0.29) is 18.5 Å². The van der Waals surface area contributed by atoms with Crippen molar-refractivity contribution >= 4 is 57.3 Å². The highest BCUT2D eigenvalue weighted by atomic mass is 35.5. The van der Waals surface area contributed by atoms with Crippen molar-refractivity contribution in [2.24, 2.45) is 0 Å². The van der Waals surface area contributed by atoms with Gasteiger partial charge in [0.25, 0.3) is 5.91 Å². The normalized spacial score (nSPS) is 19.3. The largest absolute Gasteiger partial charge is 0.442 e. The van der Waals surface area contributed by atoms with Crippen molar-refractivity contribution < 1.29 is 19.1 Å². The Morgan fingerprint density at radius 3 is 3.00 bits per heavy atom. The molecule has 2 N–H and O–H groups in total. The van der Waals surface area contributed by atoms with Crippen LogP contribution in [0.1, 0.15) is 21.7 Å². The summed E-state index contributed by atoms with van der Waals surface area (Å²) in [6.45, 7) is 2.52. The molecule has 2 aromatic rings. The predicted molar refractivity (Wildman–Crippen MR) is 112 cm³/mol. The molecule has 2 saturated heterocycles. The first-order valence-electron chi connectivity index (χ1n) is 9.11. The average molecular weight is 455 g/mol. The van der Waals surface area contributed by atoms with Gasteiger partial charge in [-0.2, -0.15) is 0 Å². The van der Waals surface area contributed by atoms with E-state index < -0.39 is 12.2 Å².